The summed E-state index contributed by atoms with van der Waals surface area (Å²) in [6.07, 6.45) is 2.69. The average molecular weight is 250 g/mol. The molecule has 3 nitrogen and oxygen atoms in total. The summed E-state index contributed by atoms with van der Waals surface area (Å²) >= 11 is 0. The van der Waals surface area contributed by atoms with Crippen LogP contribution in [0.4, 0.5) is 0 Å². The Balaban J connectivity index is 1.85. The molecule has 1 aromatic heterocycles. The second-order valence-electron chi connectivity index (χ2n) is 5.80. The molecule has 0 aromatic carbocycles. The van der Waals surface area contributed by atoms with Crippen molar-refractivity contribution in [1.29, 1.82) is 0 Å². The van der Waals surface area contributed by atoms with Gasteiger partial charge in [0.2, 0.25) is 0 Å². The van der Waals surface area contributed by atoms with Gasteiger partial charge in [-0.2, -0.15) is 0 Å². The SMILES string of the molecule is Cc1oc(CNCC(C)C)cc1CN1CCCC1. The van der Waals surface area contributed by atoms with Crippen LogP contribution in [0.1, 0.15) is 43.8 Å². The molecule has 102 valence electrons. The molecule has 2 rings (SSSR count). The number of nitrogens with zero attached hydrogens (tertiary/aromatic N) is 1. The molecule has 1 aliphatic rings. The van der Waals surface area contributed by atoms with Gasteiger partial charge in [-0.05, 0) is 51.4 Å². The van der Waals surface area contributed by atoms with Gasteiger partial charge in [0.25, 0.3) is 0 Å². The van der Waals surface area contributed by atoms with Crippen LogP contribution in [0.2, 0.25) is 0 Å². The van der Waals surface area contributed by atoms with Gasteiger partial charge in [-0.25, -0.2) is 0 Å². The number of nitrogens with one attached hydrogen (secondary N) is 1. The van der Waals surface area contributed by atoms with Gasteiger partial charge in [-0.15, -0.1) is 0 Å². The van der Waals surface area contributed by atoms with Gasteiger partial charge >= 0.3 is 0 Å². The molecular formula is C15H26N2O. The van der Waals surface area contributed by atoms with E-state index in [4.69, 9.17) is 4.42 Å². The van der Waals surface area contributed by atoms with E-state index in [1.54, 1.807) is 0 Å². The molecule has 0 atom stereocenters. The molecule has 0 bridgehead atoms. The Labute approximate surface area is 111 Å². The molecule has 0 saturated carbocycles. The Morgan fingerprint density at radius 3 is 2.72 bits per heavy atom. The first-order chi connectivity index (χ1) is 8.65. The third kappa shape index (κ3) is 3.85. The lowest BCUT2D eigenvalue weighted by Gasteiger charge is -2.13. The second kappa shape index (κ2) is 6.39. The molecule has 2 heterocycles. The van der Waals surface area contributed by atoms with Crippen molar-refractivity contribution in [3.05, 3.63) is 23.2 Å². The smallest absolute Gasteiger partial charge is 0.118 e. The maximum atomic E-state index is 5.82. The van der Waals surface area contributed by atoms with Gasteiger partial charge in [0.1, 0.15) is 11.5 Å². The summed E-state index contributed by atoms with van der Waals surface area (Å²) in [6.45, 7) is 12.0. The fourth-order valence-electron chi connectivity index (χ4n) is 2.50. The van der Waals surface area contributed by atoms with Crippen LogP contribution < -0.4 is 5.32 Å². The quantitative estimate of drug-likeness (QED) is 0.841. The van der Waals surface area contributed by atoms with Gasteiger partial charge in [0.05, 0.1) is 6.54 Å². The van der Waals surface area contributed by atoms with E-state index in [0.717, 1.165) is 31.2 Å². The number of furan rings is 1. The predicted molar refractivity (Wildman–Crippen MR) is 74.5 cm³/mol. The van der Waals surface area contributed by atoms with E-state index >= 15 is 0 Å². The summed E-state index contributed by atoms with van der Waals surface area (Å²) < 4.78 is 5.82. The van der Waals surface area contributed by atoms with E-state index in [1.807, 2.05) is 0 Å². The zero-order valence-corrected chi connectivity index (χ0v) is 12.0. The summed E-state index contributed by atoms with van der Waals surface area (Å²) in [5, 5.41) is 3.43. The summed E-state index contributed by atoms with van der Waals surface area (Å²) in [4.78, 5) is 2.52. The van der Waals surface area contributed by atoms with Crippen LogP contribution in [-0.2, 0) is 13.1 Å². The topological polar surface area (TPSA) is 28.4 Å². The Hall–Kier alpha value is -0.800. The Morgan fingerprint density at radius 2 is 2.06 bits per heavy atom. The summed E-state index contributed by atoms with van der Waals surface area (Å²) in [5.74, 6) is 2.84. The first kappa shape index (κ1) is 13.6. The van der Waals surface area contributed by atoms with Crippen LogP contribution in [-0.4, -0.2) is 24.5 Å². The minimum atomic E-state index is 0.685. The minimum absolute atomic E-state index is 0.685. The maximum Gasteiger partial charge on any atom is 0.118 e. The fourth-order valence-corrected chi connectivity index (χ4v) is 2.50. The van der Waals surface area contributed by atoms with E-state index in [2.05, 4.69) is 37.1 Å². The van der Waals surface area contributed by atoms with Gasteiger partial charge in [-0.1, -0.05) is 13.8 Å². The van der Waals surface area contributed by atoms with Crippen molar-refractivity contribution >= 4 is 0 Å². The zero-order chi connectivity index (χ0) is 13.0. The minimum Gasteiger partial charge on any atom is -0.465 e. The highest BCUT2D eigenvalue weighted by molar-refractivity contribution is 5.20. The fraction of sp³-hybridized carbons (Fsp3) is 0.733. The van der Waals surface area contributed by atoms with E-state index in [-0.39, 0.29) is 0 Å². The van der Waals surface area contributed by atoms with Crippen molar-refractivity contribution in [2.24, 2.45) is 5.92 Å². The third-order valence-corrected chi connectivity index (χ3v) is 3.52. The first-order valence-electron chi connectivity index (χ1n) is 7.16. The van der Waals surface area contributed by atoms with Crippen LogP contribution >= 0.6 is 0 Å². The van der Waals surface area contributed by atoms with E-state index in [1.165, 1.54) is 31.5 Å². The molecule has 0 spiro atoms. The molecular weight excluding hydrogens is 224 g/mol. The average Bonchev–Trinajstić information content (AvgIpc) is 2.90. The van der Waals surface area contributed by atoms with Crippen LogP contribution in [0.3, 0.4) is 0 Å². The normalized spacial score (nSPS) is 16.9. The molecule has 0 aliphatic carbocycles. The van der Waals surface area contributed by atoms with Crippen molar-refractivity contribution < 1.29 is 4.42 Å². The standard InChI is InChI=1S/C15H26N2O/c1-12(2)9-16-10-15-8-14(13(3)18-15)11-17-6-4-5-7-17/h8,12,16H,4-7,9-11H2,1-3H3. The Bertz CT molecular complexity index is 365. The van der Waals surface area contributed by atoms with E-state index < -0.39 is 0 Å². The molecule has 0 unspecified atom stereocenters. The van der Waals surface area contributed by atoms with Crippen molar-refractivity contribution in [2.75, 3.05) is 19.6 Å². The molecule has 1 N–H and O–H groups in total. The van der Waals surface area contributed by atoms with Crippen LogP contribution in [0.25, 0.3) is 0 Å². The van der Waals surface area contributed by atoms with E-state index in [0.29, 0.717) is 5.92 Å². The predicted octanol–water partition coefficient (Wildman–Crippen LogP) is 2.93. The highest BCUT2D eigenvalue weighted by Gasteiger charge is 2.15. The lowest BCUT2D eigenvalue weighted by molar-refractivity contribution is 0.328. The lowest BCUT2D eigenvalue weighted by atomic mass is 10.2. The molecule has 0 amide bonds. The third-order valence-electron chi connectivity index (χ3n) is 3.52. The van der Waals surface area contributed by atoms with Gasteiger partial charge < -0.3 is 9.73 Å². The van der Waals surface area contributed by atoms with Crippen LogP contribution in [0.15, 0.2) is 10.5 Å². The molecule has 18 heavy (non-hydrogen) atoms. The summed E-state index contributed by atoms with van der Waals surface area (Å²) in [6, 6.07) is 2.22. The summed E-state index contributed by atoms with van der Waals surface area (Å²) in [5.41, 5.74) is 1.36. The van der Waals surface area contributed by atoms with Gasteiger partial charge in [0, 0.05) is 12.1 Å². The van der Waals surface area contributed by atoms with Gasteiger partial charge in [-0.3, -0.25) is 4.90 Å². The highest BCUT2D eigenvalue weighted by atomic mass is 16.3. The molecule has 1 aromatic rings. The highest BCUT2D eigenvalue weighted by Crippen LogP contribution is 2.19. The summed E-state index contributed by atoms with van der Waals surface area (Å²) in [7, 11) is 0. The van der Waals surface area contributed by atoms with Gasteiger partial charge in [0.15, 0.2) is 0 Å². The maximum absolute atomic E-state index is 5.82. The monoisotopic (exact) mass is 250 g/mol. The van der Waals surface area contributed by atoms with E-state index in [9.17, 15) is 0 Å². The van der Waals surface area contributed by atoms with Crippen molar-refractivity contribution in [3.8, 4) is 0 Å². The number of rotatable bonds is 6. The van der Waals surface area contributed by atoms with Crippen molar-refractivity contribution in [3.63, 3.8) is 0 Å². The lowest BCUT2D eigenvalue weighted by Crippen LogP contribution is -2.19. The molecule has 3 heteroatoms. The Morgan fingerprint density at radius 1 is 1.33 bits per heavy atom. The number of hydrogen-bond donors (Lipinski definition) is 1. The number of hydrogen-bond acceptors (Lipinski definition) is 3. The first-order valence-corrected chi connectivity index (χ1v) is 7.16. The zero-order valence-electron chi connectivity index (χ0n) is 12.0. The molecule has 1 aliphatic heterocycles. The molecule has 0 radical (unpaired) electrons. The largest absolute Gasteiger partial charge is 0.465 e. The van der Waals surface area contributed by atoms with Crippen LogP contribution in [0, 0.1) is 12.8 Å². The Kier molecular flexibility index (Phi) is 4.84. The number of aryl methyl sites for hydroxylation is 1. The van der Waals surface area contributed by atoms with Crippen LogP contribution in [0.5, 0.6) is 0 Å². The van der Waals surface area contributed by atoms with Crippen molar-refractivity contribution in [2.45, 2.75) is 46.7 Å². The molecule has 1 saturated heterocycles. The number of likely N-dealkylation sites (tertiary alicyclic amines) is 1. The second-order valence-corrected chi connectivity index (χ2v) is 5.80. The molecule has 1 fully saturated rings. The van der Waals surface area contributed by atoms with Crippen molar-refractivity contribution in [1.82, 2.24) is 10.2 Å².